The molecule has 1 N–H and O–H groups in total. The fraction of sp³-hybridized carbons (Fsp3) is 0.478. The SMILES string of the molecule is COc1cc(OC)c2c(c1)C(OC)C(OC)COC2COCCc1cc([N+](=O)[O-])ccc1S(=O)(=O)O. The molecule has 0 radical (unpaired) electrons. The van der Waals surface area contributed by atoms with Crippen LogP contribution in [0, 0.1) is 10.1 Å². The van der Waals surface area contributed by atoms with Crippen LogP contribution in [0.3, 0.4) is 0 Å². The number of benzene rings is 2. The zero-order valence-electron chi connectivity index (χ0n) is 20.3. The molecule has 0 aliphatic carbocycles. The lowest BCUT2D eigenvalue weighted by molar-refractivity contribution is -0.385. The lowest BCUT2D eigenvalue weighted by Crippen LogP contribution is -2.26. The van der Waals surface area contributed by atoms with Crippen molar-refractivity contribution >= 4 is 15.8 Å². The maximum atomic E-state index is 11.7. The van der Waals surface area contributed by atoms with E-state index in [1.807, 2.05) is 6.07 Å². The number of non-ortho nitro benzene ring substituents is 1. The third-order valence-corrected chi connectivity index (χ3v) is 6.86. The Hall–Kier alpha value is -2.81. The van der Waals surface area contributed by atoms with Crippen molar-refractivity contribution in [2.75, 3.05) is 48.3 Å². The van der Waals surface area contributed by atoms with E-state index in [-0.39, 0.29) is 37.5 Å². The Morgan fingerprint density at radius 2 is 1.86 bits per heavy atom. The second-order valence-corrected chi connectivity index (χ2v) is 9.32. The van der Waals surface area contributed by atoms with Crippen molar-refractivity contribution in [3.8, 4) is 11.5 Å². The molecule has 0 saturated carbocycles. The minimum absolute atomic E-state index is 0.00123. The number of hydrogen-bond acceptors (Lipinski definition) is 10. The Balaban J connectivity index is 1.85. The molecule has 13 heteroatoms. The van der Waals surface area contributed by atoms with Crippen molar-refractivity contribution in [3.63, 3.8) is 0 Å². The molecule has 0 aromatic heterocycles. The molecule has 0 bridgehead atoms. The van der Waals surface area contributed by atoms with Crippen LogP contribution in [-0.2, 0) is 35.5 Å². The van der Waals surface area contributed by atoms with Gasteiger partial charge < -0.3 is 28.4 Å². The Morgan fingerprint density at radius 1 is 1.11 bits per heavy atom. The second-order valence-electron chi connectivity index (χ2n) is 7.93. The molecule has 0 amide bonds. The van der Waals surface area contributed by atoms with E-state index in [4.69, 9.17) is 28.4 Å². The topological polar surface area (TPSA) is 153 Å². The molecule has 0 spiro atoms. The highest BCUT2D eigenvalue weighted by molar-refractivity contribution is 7.85. The van der Waals surface area contributed by atoms with Gasteiger partial charge in [-0.2, -0.15) is 8.42 Å². The van der Waals surface area contributed by atoms with E-state index < -0.39 is 38.2 Å². The largest absolute Gasteiger partial charge is 0.497 e. The van der Waals surface area contributed by atoms with Crippen LogP contribution in [-0.4, -0.2) is 72.3 Å². The van der Waals surface area contributed by atoms with Crippen LogP contribution in [0.4, 0.5) is 5.69 Å². The van der Waals surface area contributed by atoms with Gasteiger partial charge in [-0.1, -0.05) is 0 Å². The van der Waals surface area contributed by atoms with Gasteiger partial charge in [-0.25, -0.2) is 0 Å². The van der Waals surface area contributed by atoms with E-state index in [1.165, 1.54) is 7.11 Å². The van der Waals surface area contributed by atoms with Crippen molar-refractivity contribution in [1.82, 2.24) is 0 Å². The molecule has 12 nitrogen and oxygen atoms in total. The maximum Gasteiger partial charge on any atom is 0.294 e. The Bertz CT molecular complexity index is 1180. The smallest absolute Gasteiger partial charge is 0.294 e. The first-order valence-electron chi connectivity index (χ1n) is 10.9. The zero-order valence-corrected chi connectivity index (χ0v) is 21.1. The van der Waals surface area contributed by atoms with Gasteiger partial charge in [0.1, 0.15) is 29.8 Å². The lowest BCUT2D eigenvalue weighted by Gasteiger charge is -2.24. The lowest BCUT2D eigenvalue weighted by atomic mass is 9.95. The fourth-order valence-corrected chi connectivity index (χ4v) is 4.90. The molecule has 3 rings (SSSR count). The van der Waals surface area contributed by atoms with E-state index >= 15 is 0 Å². The van der Waals surface area contributed by atoms with Gasteiger partial charge in [-0.05, 0) is 29.7 Å². The minimum Gasteiger partial charge on any atom is -0.497 e. The molecule has 36 heavy (non-hydrogen) atoms. The van der Waals surface area contributed by atoms with Crippen LogP contribution in [0.25, 0.3) is 0 Å². The molecule has 0 saturated heterocycles. The van der Waals surface area contributed by atoms with Crippen molar-refractivity contribution < 1.29 is 46.3 Å². The number of nitro groups is 1. The first-order valence-corrected chi connectivity index (χ1v) is 12.3. The van der Waals surface area contributed by atoms with Crippen LogP contribution in [0.2, 0.25) is 0 Å². The Morgan fingerprint density at radius 3 is 2.44 bits per heavy atom. The quantitative estimate of drug-likeness (QED) is 0.199. The third-order valence-electron chi connectivity index (χ3n) is 5.91. The van der Waals surface area contributed by atoms with Crippen LogP contribution in [0.15, 0.2) is 35.2 Å². The van der Waals surface area contributed by atoms with Crippen LogP contribution < -0.4 is 9.47 Å². The van der Waals surface area contributed by atoms with E-state index in [9.17, 15) is 23.1 Å². The number of rotatable bonds is 11. The Kier molecular flexibility index (Phi) is 9.22. The molecular weight excluding hydrogens is 498 g/mol. The molecule has 1 aliphatic heterocycles. The van der Waals surface area contributed by atoms with Crippen LogP contribution in [0.5, 0.6) is 11.5 Å². The molecular formula is C23H29NO11S. The number of methoxy groups -OCH3 is 4. The highest BCUT2D eigenvalue weighted by Gasteiger charge is 2.36. The number of ether oxygens (including phenoxy) is 6. The molecule has 3 atom stereocenters. The minimum atomic E-state index is -4.57. The predicted molar refractivity (Wildman–Crippen MR) is 126 cm³/mol. The standard InChI is InChI=1S/C23H29NO11S/c1-30-16-10-17-22(18(11-16)31-2)19(35-13-20(32-3)23(17)33-4)12-34-8-7-14-9-15(24(25)26)5-6-21(14)36(27,28)29/h5-6,9-11,19-20,23H,7-8,12-13H2,1-4H3,(H,27,28,29). The summed E-state index contributed by atoms with van der Waals surface area (Å²) in [6.45, 7) is 0.248. The number of fused-ring (bicyclic) bond motifs is 1. The molecule has 1 heterocycles. The van der Waals surface area contributed by atoms with Gasteiger partial charge in [-0.3, -0.25) is 14.7 Å². The normalized spacial score (nSPS) is 19.9. The summed E-state index contributed by atoms with van der Waals surface area (Å²) in [4.78, 5) is 10.1. The van der Waals surface area contributed by atoms with Gasteiger partial charge in [0, 0.05) is 38.0 Å². The van der Waals surface area contributed by atoms with Gasteiger partial charge in [0.25, 0.3) is 15.8 Å². The third kappa shape index (κ3) is 6.11. The van der Waals surface area contributed by atoms with Gasteiger partial charge in [0.2, 0.25) is 0 Å². The molecule has 0 fully saturated rings. The molecule has 198 valence electrons. The number of nitro benzene ring substituents is 1. The van der Waals surface area contributed by atoms with Gasteiger partial charge in [-0.15, -0.1) is 0 Å². The van der Waals surface area contributed by atoms with E-state index in [0.29, 0.717) is 17.1 Å². The first-order chi connectivity index (χ1) is 17.1. The number of hydrogen-bond donors (Lipinski definition) is 1. The van der Waals surface area contributed by atoms with E-state index in [1.54, 1.807) is 27.4 Å². The average molecular weight is 528 g/mol. The van der Waals surface area contributed by atoms with Crippen molar-refractivity contribution in [2.24, 2.45) is 0 Å². The summed E-state index contributed by atoms with van der Waals surface area (Å²) in [6, 6.07) is 6.66. The number of nitrogens with zero attached hydrogens (tertiary/aromatic N) is 1. The summed E-state index contributed by atoms with van der Waals surface area (Å²) in [6.07, 6.45) is -1.49. The van der Waals surface area contributed by atoms with Crippen molar-refractivity contribution in [1.29, 1.82) is 0 Å². The fourth-order valence-electron chi connectivity index (χ4n) is 4.17. The Labute approximate surface area is 208 Å². The molecule has 2 aromatic carbocycles. The maximum absolute atomic E-state index is 11.7. The summed E-state index contributed by atoms with van der Waals surface area (Å²) in [7, 11) is 1.61. The van der Waals surface area contributed by atoms with E-state index in [0.717, 1.165) is 23.8 Å². The molecule has 3 unspecified atom stereocenters. The van der Waals surface area contributed by atoms with Gasteiger partial charge in [0.15, 0.2) is 0 Å². The summed E-state index contributed by atoms with van der Waals surface area (Å²) >= 11 is 0. The van der Waals surface area contributed by atoms with Crippen LogP contribution >= 0.6 is 0 Å². The van der Waals surface area contributed by atoms with Gasteiger partial charge >= 0.3 is 0 Å². The van der Waals surface area contributed by atoms with Crippen molar-refractivity contribution in [2.45, 2.75) is 29.6 Å². The first kappa shape index (κ1) is 27.8. The van der Waals surface area contributed by atoms with Crippen LogP contribution in [0.1, 0.15) is 28.9 Å². The highest BCUT2D eigenvalue weighted by atomic mass is 32.2. The van der Waals surface area contributed by atoms with Gasteiger partial charge in [0.05, 0.1) is 43.9 Å². The van der Waals surface area contributed by atoms with Crippen molar-refractivity contribution in [3.05, 3.63) is 57.1 Å². The molecule has 1 aliphatic rings. The summed E-state index contributed by atoms with van der Waals surface area (Å²) in [5.74, 6) is 1.07. The average Bonchev–Trinajstić information content (AvgIpc) is 3.01. The summed E-state index contributed by atoms with van der Waals surface area (Å²) in [5, 5.41) is 11.1. The monoisotopic (exact) mass is 527 g/mol. The van der Waals surface area contributed by atoms with E-state index in [2.05, 4.69) is 0 Å². The molecule has 2 aromatic rings. The predicted octanol–water partition coefficient (Wildman–Crippen LogP) is 2.89. The second kappa shape index (κ2) is 12.0. The summed E-state index contributed by atoms with van der Waals surface area (Å²) < 4.78 is 67.1. The highest BCUT2D eigenvalue weighted by Crippen LogP contribution is 2.43. The zero-order chi connectivity index (χ0) is 26.5. The summed E-state index contributed by atoms with van der Waals surface area (Å²) in [5.41, 5.74) is 1.21.